The number of esters is 1. The van der Waals surface area contributed by atoms with E-state index in [1.54, 1.807) is 19.3 Å². The molecule has 2 aromatic carbocycles. The van der Waals surface area contributed by atoms with Crippen molar-refractivity contribution in [3.8, 4) is 16.9 Å². The smallest absolute Gasteiger partial charge is 0.338 e. The monoisotopic (exact) mass is 268 g/mol. The van der Waals surface area contributed by atoms with Crippen molar-refractivity contribution < 1.29 is 14.3 Å². The molecule has 0 heterocycles. The minimum Gasteiger partial charge on any atom is -0.496 e. The lowest BCUT2D eigenvalue weighted by molar-refractivity contribution is 0.0601. The number of rotatable bonds is 4. The molecule has 0 atom stereocenters. The lowest BCUT2D eigenvalue weighted by atomic mass is 9.95. The molecule has 2 aromatic rings. The number of hydrogen-bond acceptors (Lipinski definition) is 3. The van der Waals surface area contributed by atoms with E-state index in [1.807, 2.05) is 36.4 Å². The average molecular weight is 268 g/mol. The molecule has 0 spiro atoms. The number of carbonyl (C=O) groups excluding carboxylic acids is 1. The summed E-state index contributed by atoms with van der Waals surface area (Å²) in [6, 6.07) is 13.0. The number of methoxy groups -OCH3 is 2. The topological polar surface area (TPSA) is 35.5 Å². The van der Waals surface area contributed by atoms with E-state index in [1.165, 1.54) is 7.11 Å². The van der Waals surface area contributed by atoms with Gasteiger partial charge in [0.05, 0.1) is 19.8 Å². The zero-order valence-corrected chi connectivity index (χ0v) is 11.6. The van der Waals surface area contributed by atoms with Gasteiger partial charge in [-0.1, -0.05) is 43.0 Å². The predicted octanol–water partition coefficient (Wildman–Crippen LogP) is 3.79. The summed E-state index contributed by atoms with van der Waals surface area (Å²) in [6.07, 6.45) is 1.72. The van der Waals surface area contributed by atoms with Crippen molar-refractivity contribution in [2.45, 2.75) is 0 Å². The Balaban J connectivity index is 2.69. The van der Waals surface area contributed by atoms with Crippen LogP contribution < -0.4 is 4.74 Å². The molecular formula is C17H16O3. The minimum absolute atomic E-state index is 0.363. The first-order valence-electron chi connectivity index (χ1n) is 6.20. The van der Waals surface area contributed by atoms with Crippen molar-refractivity contribution >= 4 is 12.0 Å². The van der Waals surface area contributed by atoms with Crippen LogP contribution in [-0.2, 0) is 4.74 Å². The molecule has 3 nitrogen and oxygen atoms in total. The second-order valence-corrected chi connectivity index (χ2v) is 4.16. The molecule has 0 bridgehead atoms. The van der Waals surface area contributed by atoms with Gasteiger partial charge in [0.1, 0.15) is 5.75 Å². The average Bonchev–Trinajstić information content (AvgIpc) is 2.53. The van der Waals surface area contributed by atoms with Crippen LogP contribution in [0.25, 0.3) is 17.2 Å². The highest BCUT2D eigenvalue weighted by molar-refractivity contribution is 5.98. The minimum atomic E-state index is -0.363. The molecule has 0 radical (unpaired) electrons. The van der Waals surface area contributed by atoms with Gasteiger partial charge in [-0.2, -0.15) is 0 Å². The summed E-state index contributed by atoms with van der Waals surface area (Å²) in [4.78, 5) is 11.9. The SMILES string of the molecule is C=Cc1c(OC)cccc1-c1ccccc1C(=O)OC. The maximum atomic E-state index is 11.9. The summed E-state index contributed by atoms with van der Waals surface area (Å²) in [5.74, 6) is 0.357. The quantitative estimate of drug-likeness (QED) is 0.791. The summed E-state index contributed by atoms with van der Waals surface area (Å²) in [6.45, 7) is 3.82. The Morgan fingerprint density at radius 2 is 1.75 bits per heavy atom. The summed E-state index contributed by atoms with van der Waals surface area (Å²) >= 11 is 0. The van der Waals surface area contributed by atoms with Gasteiger partial charge in [-0.3, -0.25) is 0 Å². The van der Waals surface area contributed by atoms with Crippen LogP contribution >= 0.6 is 0 Å². The Labute approximate surface area is 118 Å². The van der Waals surface area contributed by atoms with E-state index in [0.717, 1.165) is 22.4 Å². The van der Waals surface area contributed by atoms with Crippen LogP contribution in [0.5, 0.6) is 5.75 Å². The molecule has 0 aromatic heterocycles. The summed E-state index contributed by atoms with van der Waals surface area (Å²) in [5.41, 5.74) is 3.06. The van der Waals surface area contributed by atoms with Crippen LogP contribution in [0, 0.1) is 0 Å². The van der Waals surface area contributed by atoms with E-state index >= 15 is 0 Å². The van der Waals surface area contributed by atoms with Crippen molar-refractivity contribution in [3.63, 3.8) is 0 Å². The van der Waals surface area contributed by atoms with Gasteiger partial charge in [0.25, 0.3) is 0 Å². The Morgan fingerprint density at radius 3 is 2.40 bits per heavy atom. The molecule has 0 aliphatic carbocycles. The molecule has 0 fully saturated rings. The van der Waals surface area contributed by atoms with Gasteiger partial charge in [-0.25, -0.2) is 4.79 Å². The molecule has 0 aliphatic heterocycles. The number of ether oxygens (including phenoxy) is 2. The largest absolute Gasteiger partial charge is 0.496 e. The molecule has 102 valence electrons. The van der Waals surface area contributed by atoms with Crippen LogP contribution in [0.2, 0.25) is 0 Å². The van der Waals surface area contributed by atoms with E-state index in [9.17, 15) is 4.79 Å². The van der Waals surface area contributed by atoms with Crippen molar-refractivity contribution in [1.82, 2.24) is 0 Å². The molecule has 0 unspecified atom stereocenters. The first-order chi connectivity index (χ1) is 9.72. The van der Waals surface area contributed by atoms with Crippen LogP contribution in [0.4, 0.5) is 0 Å². The number of hydrogen-bond donors (Lipinski definition) is 0. The van der Waals surface area contributed by atoms with E-state index in [4.69, 9.17) is 9.47 Å². The van der Waals surface area contributed by atoms with Gasteiger partial charge in [0.2, 0.25) is 0 Å². The zero-order chi connectivity index (χ0) is 14.5. The third-order valence-electron chi connectivity index (χ3n) is 3.11. The van der Waals surface area contributed by atoms with Crippen molar-refractivity contribution in [2.24, 2.45) is 0 Å². The van der Waals surface area contributed by atoms with E-state index < -0.39 is 0 Å². The second-order valence-electron chi connectivity index (χ2n) is 4.16. The van der Waals surface area contributed by atoms with Crippen LogP contribution in [0.15, 0.2) is 49.0 Å². The van der Waals surface area contributed by atoms with Crippen molar-refractivity contribution in [3.05, 3.63) is 60.2 Å². The highest BCUT2D eigenvalue weighted by atomic mass is 16.5. The molecule has 2 rings (SSSR count). The maximum absolute atomic E-state index is 11.9. The molecule has 0 aliphatic rings. The lowest BCUT2D eigenvalue weighted by Crippen LogP contribution is -2.04. The Kier molecular flexibility index (Phi) is 4.20. The van der Waals surface area contributed by atoms with Crippen LogP contribution in [0.3, 0.4) is 0 Å². The van der Waals surface area contributed by atoms with Gasteiger partial charge in [0.15, 0.2) is 0 Å². The standard InChI is InChI=1S/C17H16O3/c1-4-12-13(10-7-11-16(12)19-2)14-8-5-6-9-15(14)17(18)20-3/h4-11H,1H2,2-3H3. The summed E-state index contributed by atoms with van der Waals surface area (Å²) < 4.78 is 10.2. The van der Waals surface area contributed by atoms with E-state index in [-0.39, 0.29) is 5.97 Å². The Morgan fingerprint density at radius 1 is 1.05 bits per heavy atom. The molecule has 0 amide bonds. The molecule has 3 heteroatoms. The zero-order valence-electron chi connectivity index (χ0n) is 11.6. The molecular weight excluding hydrogens is 252 g/mol. The van der Waals surface area contributed by atoms with Gasteiger partial charge in [-0.05, 0) is 23.3 Å². The molecule has 0 N–H and O–H groups in total. The molecule has 0 saturated heterocycles. The molecule has 0 saturated carbocycles. The highest BCUT2D eigenvalue weighted by Crippen LogP contribution is 2.33. The van der Waals surface area contributed by atoms with Crippen LogP contribution in [0.1, 0.15) is 15.9 Å². The highest BCUT2D eigenvalue weighted by Gasteiger charge is 2.15. The van der Waals surface area contributed by atoms with E-state index in [2.05, 4.69) is 6.58 Å². The summed E-state index contributed by atoms with van der Waals surface area (Å²) in [7, 11) is 2.98. The third-order valence-corrected chi connectivity index (χ3v) is 3.11. The van der Waals surface area contributed by atoms with Crippen LogP contribution in [-0.4, -0.2) is 20.2 Å². The summed E-state index contributed by atoms with van der Waals surface area (Å²) in [5, 5.41) is 0. The fourth-order valence-electron chi connectivity index (χ4n) is 2.17. The fraction of sp³-hybridized carbons (Fsp3) is 0.118. The van der Waals surface area contributed by atoms with Gasteiger partial charge >= 0.3 is 5.97 Å². The number of carbonyl (C=O) groups is 1. The normalized spacial score (nSPS) is 9.90. The molecule has 20 heavy (non-hydrogen) atoms. The first kappa shape index (κ1) is 13.9. The van der Waals surface area contributed by atoms with E-state index in [0.29, 0.717) is 5.56 Å². The van der Waals surface area contributed by atoms with Gasteiger partial charge in [0, 0.05) is 5.56 Å². The first-order valence-corrected chi connectivity index (χ1v) is 6.20. The lowest BCUT2D eigenvalue weighted by Gasteiger charge is -2.13. The van der Waals surface area contributed by atoms with Crippen molar-refractivity contribution in [2.75, 3.05) is 14.2 Å². The second kappa shape index (κ2) is 6.06. The fourth-order valence-corrected chi connectivity index (χ4v) is 2.17. The van der Waals surface area contributed by atoms with Gasteiger partial charge < -0.3 is 9.47 Å². The maximum Gasteiger partial charge on any atom is 0.338 e. The van der Waals surface area contributed by atoms with Crippen molar-refractivity contribution in [1.29, 1.82) is 0 Å². The van der Waals surface area contributed by atoms with Gasteiger partial charge in [-0.15, -0.1) is 0 Å². The predicted molar refractivity (Wildman–Crippen MR) is 79.9 cm³/mol. The number of benzene rings is 2. The third kappa shape index (κ3) is 2.43. The Bertz CT molecular complexity index is 644. The Hall–Kier alpha value is -2.55.